The van der Waals surface area contributed by atoms with Crippen LogP contribution in [0.5, 0.6) is 0 Å². The SMILES string of the molecule is CCOC(=O)/C=C/C(=O)OCC(=O)N(C)[C@H](C)c1nc2ccccc2s1. The van der Waals surface area contributed by atoms with Gasteiger partial charge in [0.05, 0.1) is 22.9 Å². The third-order valence-electron chi connectivity index (χ3n) is 3.62. The van der Waals surface area contributed by atoms with Crippen molar-refractivity contribution < 1.29 is 23.9 Å². The summed E-state index contributed by atoms with van der Waals surface area (Å²) in [6.45, 7) is 3.31. The van der Waals surface area contributed by atoms with E-state index in [1.807, 2.05) is 31.2 Å². The number of likely N-dealkylation sites (N-methyl/N-ethyl adjacent to an activating group) is 1. The van der Waals surface area contributed by atoms with Gasteiger partial charge in [-0.05, 0) is 26.0 Å². The molecule has 1 aromatic heterocycles. The van der Waals surface area contributed by atoms with Crippen LogP contribution in [0.2, 0.25) is 0 Å². The molecule has 2 aromatic rings. The van der Waals surface area contributed by atoms with E-state index in [1.165, 1.54) is 16.2 Å². The molecule has 1 atom stereocenters. The lowest BCUT2D eigenvalue weighted by Crippen LogP contribution is -2.33. The van der Waals surface area contributed by atoms with Crippen molar-refractivity contribution in [3.63, 3.8) is 0 Å². The maximum atomic E-state index is 12.2. The van der Waals surface area contributed by atoms with Gasteiger partial charge in [-0.25, -0.2) is 14.6 Å². The molecule has 0 radical (unpaired) electrons. The number of benzene rings is 1. The molecule has 0 fully saturated rings. The third-order valence-corrected chi connectivity index (χ3v) is 4.83. The molecule has 1 aromatic carbocycles. The Morgan fingerprint density at radius 3 is 2.50 bits per heavy atom. The van der Waals surface area contributed by atoms with Gasteiger partial charge in [-0.2, -0.15) is 0 Å². The number of fused-ring (bicyclic) bond motifs is 1. The first-order chi connectivity index (χ1) is 12.4. The van der Waals surface area contributed by atoms with Crippen LogP contribution in [0.3, 0.4) is 0 Å². The number of ether oxygens (including phenoxy) is 2. The van der Waals surface area contributed by atoms with E-state index in [4.69, 9.17) is 4.74 Å². The standard InChI is InChI=1S/C18H20N2O5S/c1-4-24-16(22)9-10-17(23)25-11-15(21)20(3)12(2)18-19-13-7-5-6-8-14(13)26-18/h5-10,12H,4,11H2,1-3H3/b10-9+/t12-/m1/s1. The molecule has 26 heavy (non-hydrogen) atoms. The number of carbonyl (C=O) groups is 3. The van der Waals surface area contributed by atoms with Crippen molar-refractivity contribution in [1.29, 1.82) is 0 Å². The topological polar surface area (TPSA) is 85.8 Å². The lowest BCUT2D eigenvalue weighted by molar-refractivity contribution is -0.148. The molecule has 0 spiro atoms. The molecule has 0 bridgehead atoms. The van der Waals surface area contributed by atoms with Crippen LogP contribution < -0.4 is 0 Å². The highest BCUT2D eigenvalue weighted by Crippen LogP contribution is 2.28. The first-order valence-corrected chi connectivity index (χ1v) is 8.86. The van der Waals surface area contributed by atoms with E-state index < -0.39 is 18.5 Å². The van der Waals surface area contributed by atoms with Crippen molar-refractivity contribution in [2.45, 2.75) is 19.9 Å². The minimum Gasteiger partial charge on any atom is -0.463 e. The Morgan fingerprint density at radius 1 is 1.19 bits per heavy atom. The number of amides is 1. The van der Waals surface area contributed by atoms with Crippen molar-refractivity contribution in [2.24, 2.45) is 0 Å². The zero-order chi connectivity index (χ0) is 19.1. The van der Waals surface area contributed by atoms with Crippen LogP contribution in [0, 0.1) is 0 Å². The number of carbonyl (C=O) groups excluding carboxylic acids is 3. The Hall–Kier alpha value is -2.74. The van der Waals surface area contributed by atoms with Gasteiger partial charge in [0.1, 0.15) is 5.01 Å². The number of nitrogens with zero attached hydrogens (tertiary/aromatic N) is 2. The Kier molecular flexibility index (Phi) is 6.85. The number of hydrogen-bond acceptors (Lipinski definition) is 7. The fraction of sp³-hybridized carbons (Fsp3) is 0.333. The van der Waals surface area contributed by atoms with Gasteiger partial charge in [-0.3, -0.25) is 4.79 Å². The van der Waals surface area contributed by atoms with Crippen molar-refractivity contribution >= 4 is 39.4 Å². The van der Waals surface area contributed by atoms with Crippen molar-refractivity contribution in [3.05, 3.63) is 41.4 Å². The Balaban J connectivity index is 1.90. The summed E-state index contributed by atoms with van der Waals surface area (Å²) < 4.78 is 10.6. The lowest BCUT2D eigenvalue weighted by atomic mass is 10.3. The second-order valence-electron chi connectivity index (χ2n) is 5.39. The van der Waals surface area contributed by atoms with Gasteiger partial charge >= 0.3 is 11.9 Å². The van der Waals surface area contributed by atoms with Gasteiger partial charge in [0, 0.05) is 19.2 Å². The average Bonchev–Trinajstić information content (AvgIpc) is 3.07. The Labute approximate surface area is 155 Å². The molecular formula is C18H20N2O5S. The van der Waals surface area contributed by atoms with Crippen LogP contribution in [0.15, 0.2) is 36.4 Å². The zero-order valence-corrected chi connectivity index (χ0v) is 15.6. The fourth-order valence-corrected chi connectivity index (χ4v) is 3.12. The first kappa shape index (κ1) is 19.6. The van der Waals surface area contributed by atoms with Crippen LogP contribution >= 0.6 is 11.3 Å². The first-order valence-electron chi connectivity index (χ1n) is 8.05. The van der Waals surface area contributed by atoms with E-state index in [-0.39, 0.29) is 18.6 Å². The van der Waals surface area contributed by atoms with Crippen LogP contribution in [-0.4, -0.2) is 48.0 Å². The van der Waals surface area contributed by atoms with Gasteiger partial charge in [0.15, 0.2) is 6.61 Å². The average molecular weight is 376 g/mol. The fourth-order valence-electron chi connectivity index (χ4n) is 2.06. The van der Waals surface area contributed by atoms with Crippen LogP contribution in [0.1, 0.15) is 24.9 Å². The number of aromatic nitrogens is 1. The molecular weight excluding hydrogens is 356 g/mol. The van der Waals surface area contributed by atoms with E-state index in [1.54, 1.807) is 14.0 Å². The van der Waals surface area contributed by atoms with Gasteiger partial charge in [-0.15, -0.1) is 11.3 Å². The third kappa shape index (κ3) is 5.13. The molecule has 1 heterocycles. The molecule has 0 saturated carbocycles. The Bertz CT molecular complexity index is 797. The summed E-state index contributed by atoms with van der Waals surface area (Å²) in [6, 6.07) is 7.49. The molecule has 138 valence electrons. The van der Waals surface area contributed by atoms with Gasteiger partial charge in [0.2, 0.25) is 0 Å². The zero-order valence-electron chi connectivity index (χ0n) is 14.8. The Morgan fingerprint density at radius 2 is 1.85 bits per heavy atom. The lowest BCUT2D eigenvalue weighted by Gasteiger charge is -2.22. The van der Waals surface area contributed by atoms with Crippen molar-refractivity contribution in [2.75, 3.05) is 20.3 Å². The predicted molar refractivity (Wildman–Crippen MR) is 97.5 cm³/mol. The second kappa shape index (κ2) is 9.10. The number of para-hydroxylation sites is 1. The maximum Gasteiger partial charge on any atom is 0.331 e. The monoisotopic (exact) mass is 376 g/mol. The molecule has 7 nitrogen and oxygen atoms in total. The molecule has 0 unspecified atom stereocenters. The second-order valence-corrected chi connectivity index (χ2v) is 6.46. The van der Waals surface area contributed by atoms with Crippen LogP contribution in [0.4, 0.5) is 0 Å². The highest BCUT2D eigenvalue weighted by atomic mass is 32.1. The highest BCUT2D eigenvalue weighted by Gasteiger charge is 2.21. The summed E-state index contributed by atoms with van der Waals surface area (Å²) in [7, 11) is 1.63. The molecule has 0 aliphatic heterocycles. The quantitative estimate of drug-likeness (QED) is 0.545. The highest BCUT2D eigenvalue weighted by molar-refractivity contribution is 7.18. The number of hydrogen-bond donors (Lipinski definition) is 0. The van der Waals surface area contributed by atoms with Crippen LogP contribution in [-0.2, 0) is 23.9 Å². The molecule has 0 aliphatic carbocycles. The van der Waals surface area contributed by atoms with E-state index in [2.05, 4.69) is 9.72 Å². The number of esters is 2. The minimum atomic E-state index is -0.785. The largest absolute Gasteiger partial charge is 0.463 e. The van der Waals surface area contributed by atoms with Gasteiger partial charge < -0.3 is 14.4 Å². The van der Waals surface area contributed by atoms with Gasteiger partial charge in [-0.1, -0.05) is 12.1 Å². The maximum absolute atomic E-state index is 12.2. The molecule has 8 heteroatoms. The molecule has 0 aliphatic rings. The molecule has 0 N–H and O–H groups in total. The predicted octanol–water partition coefficient (Wildman–Crippen LogP) is 2.48. The summed E-state index contributed by atoms with van der Waals surface area (Å²) >= 11 is 1.52. The normalized spacial score (nSPS) is 12.1. The minimum absolute atomic E-state index is 0.213. The van der Waals surface area contributed by atoms with E-state index in [0.717, 1.165) is 27.4 Å². The summed E-state index contributed by atoms with van der Waals surface area (Å²) in [5.41, 5.74) is 0.885. The number of rotatable bonds is 7. The smallest absolute Gasteiger partial charge is 0.331 e. The van der Waals surface area contributed by atoms with E-state index in [9.17, 15) is 14.4 Å². The molecule has 2 rings (SSSR count). The number of thiazole rings is 1. The summed E-state index contributed by atoms with van der Waals surface area (Å²) in [6.07, 6.45) is 1.89. The van der Waals surface area contributed by atoms with Crippen LogP contribution in [0.25, 0.3) is 10.2 Å². The van der Waals surface area contributed by atoms with Gasteiger partial charge in [0.25, 0.3) is 5.91 Å². The van der Waals surface area contributed by atoms with Crippen molar-refractivity contribution in [1.82, 2.24) is 9.88 Å². The molecule has 0 saturated heterocycles. The molecule has 1 amide bonds. The summed E-state index contributed by atoms with van der Waals surface area (Å²) in [4.78, 5) is 40.9. The van der Waals surface area contributed by atoms with Crippen molar-refractivity contribution in [3.8, 4) is 0 Å². The summed E-state index contributed by atoms with van der Waals surface area (Å²) in [5.74, 6) is -1.79. The summed E-state index contributed by atoms with van der Waals surface area (Å²) in [5, 5.41) is 0.801. The van der Waals surface area contributed by atoms with E-state index in [0.29, 0.717) is 0 Å². The van der Waals surface area contributed by atoms with E-state index >= 15 is 0 Å².